The molecule has 3 rings (SSSR count). The Morgan fingerprint density at radius 3 is 2.50 bits per heavy atom. The Morgan fingerprint density at radius 1 is 1.21 bits per heavy atom. The van der Waals surface area contributed by atoms with E-state index in [0.717, 1.165) is 12.5 Å². The third-order valence-electron chi connectivity index (χ3n) is 4.79. The van der Waals surface area contributed by atoms with Crippen molar-refractivity contribution >= 4 is 0 Å². The van der Waals surface area contributed by atoms with Gasteiger partial charge >= 0.3 is 6.11 Å². The number of aliphatic hydroxyl groups is 1. The molecule has 1 aliphatic heterocycles. The molecule has 1 aliphatic rings. The summed E-state index contributed by atoms with van der Waals surface area (Å²) in [7, 11) is 0. The predicted molar refractivity (Wildman–Crippen MR) is 95.6 cm³/mol. The Hall–Kier alpha value is -2.28. The molecule has 1 N–H and O–H groups in total. The molecule has 0 radical (unpaired) electrons. The lowest BCUT2D eigenvalue weighted by molar-refractivity contribution is -0.187. The van der Waals surface area contributed by atoms with Crippen LogP contribution >= 0.6 is 0 Å². The van der Waals surface area contributed by atoms with Crippen LogP contribution < -0.4 is 9.47 Å². The van der Waals surface area contributed by atoms with Crippen molar-refractivity contribution in [1.29, 1.82) is 0 Å². The fourth-order valence-corrected chi connectivity index (χ4v) is 3.27. The summed E-state index contributed by atoms with van der Waals surface area (Å²) in [6.45, 7) is 3.48. The Balaban J connectivity index is 1.88. The van der Waals surface area contributed by atoms with Crippen LogP contribution in [0.5, 0.6) is 11.5 Å². The van der Waals surface area contributed by atoms with Gasteiger partial charge in [0.25, 0.3) is 0 Å². The summed E-state index contributed by atoms with van der Waals surface area (Å²) in [4.78, 5) is 0. The van der Waals surface area contributed by atoms with Crippen LogP contribution in [0.1, 0.15) is 55.9 Å². The van der Waals surface area contributed by atoms with Crippen molar-refractivity contribution in [3.8, 4) is 11.5 Å². The number of ether oxygens (including phenoxy) is 2. The number of hydrogen-bond donors (Lipinski definition) is 1. The lowest BCUT2D eigenvalue weighted by Gasteiger charge is -2.28. The highest BCUT2D eigenvalue weighted by Gasteiger charge is 2.41. The van der Waals surface area contributed by atoms with E-state index in [1.54, 1.807) is 0 Å². The van der Waals surface area contributed by atoms with Crippen LogP contribution in [0.3, 0.4) is 0 Å². The molecule has 2 atom stereocenters. The Labute approximate surface area is 160 Å². The molecule has 0 fully saturated rings. The molecule has 1 heterocycles. The summed E-state index contributed by atoms with van der Waals surface area (Å²) in [5.41, 5.74) is -0.449. The number of rotatable bonds is 6. The van der Waals surface area contributed by atoms with Gasteiger partial charge in [0, 0.05) is 0 Å². The molecule has 0 bridgehead atoms. The standard InChI is InChI=1S/C21H22F4O3/c1-3-4-15-8-7-14-11-17(18(22)19(23)20(14)27-15)21(24,25)28-16-9-5-13(6-10-16)12(2)26/h5-6,9-12,15,26H,3-4,7-8H2,1-2H3. The van der Waals surface area contributed by atoms with Crippen molar-refractivity contribution in [2.45, 2.75) is 57.8 Å². The van der Waals surface area contributed by atoms with Crippen LogP contribution in [-0.2, 0) is 12.5 Å². The first-order chi connectivity index (χ1) is 13.2. The van der Waals surface area contributed by atoms with Crippen LogP contribution in [0.15, 0.2) is 30.3 Å². The van der Waals surface area contributed by atoms with Gasteiger partial charge in [-0.05, 0) is 55.5 Å². The first-order valence-corrected chi connectivity index (χ1v) is 9.25. The molecule has 0 aliphatic carbocycles. The normalized spacial score (nSPS) is 17.6. The zero-order valence-electron chi connectivity index (χ0n) is 15.6. The van der Waals surface area contributed by atoms with E-state index in [2.05, 4.69) is 4.74 Å². The molecule has 0 saturated heterocycles. The molecule has 2 aromatic rings. The number of aryl methyl sites for hydroxylation is 1. The van der Waals surface area contributed by atoms with Crippen LogP contribution in [-0.4, -0.2) is 11.2 Å². The summed E-state index contributed by atoms with van der Waals surface area (Å²) in [5, 5.41) is 9.46. The van der Waals surface area contributed by atoms with Crippen molar-refractivity contribution < 1.29 is 32.1 Å². The van der Waals surface area contributed by atoms with Crippen molar-refractivity contribution in [3.63, 3.8) is 0 Å². The molecule has 28 heavy (non-hydrogen) atoms. The average Bonchev–Trinajstić information content (AvgIpc) is 2.65. The van der Waals surface area contributed by atoms with Crippen LogP contribution in [0.25, 0.3) is 0 Å². The molecule has 3 nitrogen and oxygen atoms in total. The van der Waals surface area contributed by atoms with E-state index in [9.17, 15) is 22.7 Å². The molecule has 0 saturated carbocycles. The SMILES string of the molecule is CCCC1CCc2cc(C(F)(F)Oc3ccc(C(C)O)cc3)c(F)c(F)c2O1. The van der Waals surface area contributed by atoms with Crippen molar-refractivity contribution in [3.05, 3.63) is 58.7 Å². The second-order valence-electron chi connectivity index (χ2n) is 6.97. The number of hydrogen-bond acceptors (Lipinski definition) is 3. The molecule has 2 unspecified atom stereocenters. The molecule has 0 amide bonds. The summed E-state index contributed by atoms with van der Waals surface area (Å²) >= 11 is 0. The lowest BCUT2D eigenvalue weighted by Crippen LogP contribution is -2.28. The van der Waals surface area contributed by atoms with Gasteiger partial charge in [0.15, 0.2) is 11.6 Å². The molecular weight excluding hydrogens is 376 g/mol. The highest BCUT2D eigenvalue weighted by molar-refractivity contribution is 5.43. The van der Waals surface area contributed by atoms with Gasteiger partial charge in [0.2, 0.25) is 5.82 Å². The number of alkyl halides is 2. The number of benzene rings is 2. The van der Waals surface area contributed by atoms with Gasteiger partial charge in [-0.3, -0.25) is 0 Å². The highest BCUT2D eigenvalue weighted by Crippen LogP contribution is 2.40. The third-order valence-corrected chi connectivity index (χ3v) is 4.79. The van der Waals surface area contributed by atoms with Gasteiger partial charge < -0.3 is 14.6 Å². The van der Waals surface area contributed by atoms with E-state index < -0.39 is 29.4 Å². The van der Waals surface area contributed by atoms with Crippen molar-refractivity contribution in [2.75, 3.05) is 0 Å². The first-order valence-electron chi connectivity index (χ1n) is 9.25. The summed E-state index contributed by atoms with van der Waals surface area (Å²) in [6, 6.07) is 6.23. The van der Waals surface area contributed by atoms with Crippen molar-refractivity contribution in [2.24, 2.45) is 0 Å². The third kappa shape index (κ3) is 4.09. The van der Waals surface area contributed by atoms with Crippen LogP contribution in [0.4, 0.5) is 17.6 Å². The maximum atomic E-state index is 14.6. The van der Waals surface area contributed by atoms with Gasteiger partial charge in [-0.15, -0.1) is 0 Å². The van der Waals surface area contributed by atoms with E-state index in [1.165, 1.54) is 31.2 Å². The second kappa shape index (κ2) is 7.99. The first kappa shape index (κ1) is 20.5. The predicted octanol–water partition coefficient (Wildman–Crippen LogP) is 5.64. The monoisotopic (exact) mass is 398 g/mol. The molecule has 0 spiro atoms. The van der Waals surface area contributed by atoms with E-state index in [-0.39, 0.29) is 23.2 Å². The van der Waals surface area contributed by atoms with Gasteiger partial charge in [-0.25, -0.2) is 4.39 Å². The maximum Gasteiger partial charge on any atom is 0.429 e. The lowest BCUT2D eigenvalue weighted by atomic mass is 9.97. The quantitative estimate of drug-likeness (QED) is 0.640. The highest BCUT2D eigenvalue weighted by atomic mass is 19.3. The topological polar surface area (TPSA) is 38.7 Å². The largest absolute Gasteiger partial charge is 0.487 e. The van der Waals surface area contributed by atoms with Crippen LogP contribution in [0, 0.1) is 11.6 Å². The average molecular weight is 398 g/mol. The van der Waals surface area contributed by atoms with Gasteiger partial charge in [-0.1, -0.05) is 25.5 Å². The summed E-state index contributed by atoms with van der Waals surface area (Å²) in [6.07, 6.45) is -2.71. The zero-order chi connectivity index (χ0) is 20.5. The minimum Gasteiger partial charge on any atom is -0.487 e. The van der Waals surface area contributed by atoms with E-state index in [1.807, 2.05) is 6.92 Å². The van der Waals surface area contributed by atoms with E-state index >= 15 is 0 Å². The van der Waals surface area contributed by atoms with Gasteiger partial charge in [0.1, 0.15) is 11.3 Å². The van der Waals surface area contributed by atoms with Crippen LogP contribution in [0.2, 0.25) is 0 Å². The summed E-state index contributed by atoms with van der Waals surface area (Å²) in [5.74, 6) is -3.61. The fourth-order valence-electron chi connectivity index (χ4n) is 3.27. The minimum atomic E-state index is -4.08. The molecule has 0 aromatic heterocycles. The number of halogens is 4. The Morgan fingerprint density at radius 2 is 1.89 bits per heavy atom. The molecule has 7 heteroatoms. The zero-order valence-corrected chi connectivity index (χ0v) is 15.6. The van der Waals surface area contributed by atoms with Gasteiger partial charge in [0.05, 0.1) is 12.2 Å². The number of fused-ring (bicyclic) bond motifs is 1. The Bertz CT molecular complexity index is 835. The smallest absolute Gasteiger partial charge is 0.429 e. The fraction of sp³-hybridized carbons (Fsp3) is 0.429. The second-order valence-corrected chi connectivity index (χ2v) is 6.97. The molecular formula is C21H22F4O3. The molecule has 2 aromatic carbocycles. The molecule has 152 valence electrons. The van der Waals surface area contributed by atoms with E-state index in [0.29, 0.717) is 24.8 Å². The number of aliphatic hydroxyl groups excluding tert-OH is 1. The Kier molecular flexibility index (Phi) is 5.84. The van der Waals surface area contributed by atoms with E-state index in [4.69, 9.17) is 4.74 Å². The van der Waals surface area contributed by atoms with Crippen molar-refractivity contribution in [1.82, 2.24) is 0 Å². The van der Waals surface area contributed by atoms with Gasteiger partial charge in [-0.2, -0.15) is 13.2 Å². The summed E-state index contributed by atoms with van der Waals surface area (Å²) < 4.78 is 68.2. The maximum absolute atomic E-state index is 14.6. The minimum absolute atomic E-state index is 0.203.